The van der Waals surface area contributed by atoms with Gasteiger partial charge in [0.25, 0.3) is 0 Å². The van der Waals surface area contributed by atoms with Crippen molar-refractivity contribution in [3.63, 3.8) is 0 Å². The van der Waals surface area contributed by atoms with Gasteiger partial charge in [0, 0.05) is 6.92 Å². The van der Waals surface area contributed by atoms with Gasteiger partial charge in [-0.1, -0.05) is 6.07 Å². The first-order valence-electron chi connectivity index (χ1n) is 6.28. The zero-order chi connectivity index (χ0) is 14.5. The maximum Gasteiger partial charge on any atom is 0.178 e. The van der Waals surface area contributed by atoms with Gasteiger partial charge in [-0.25, -0.2) is 4.98 Å². The highest BCUT2D eigenvalue weighted by molar-refractivity contribution is 6.00. The number of rotatable bonds is 4. The van der Waals surface area contributed by atoms with E-state index < -0.39 is 0 Å². The summed E-state index contributed by atoms with van der Waals surface area (Å²) >= 11 is 0. The van der Waals surface area contributed by atoms with Crippen LogP contribution in [0.3, 0.4) is 0 Å². The van der Waals surface area contributed by atoms with Gasteiger partial charge in [-0.05, 0) is 43.3 Å². The Morgan fingerprint density at radius 2 is 1.70 bits per heavy atom. The number of aromatic nitrogens is 1. The highest BCUT2D eigenvalue weighted by Gasteiger charge is 2.04. The van der Waals surface area contributed by atoms with E-state index in [-0.39, 0.29) is 5.78 Å². The summed E-state index contributed by atoms with van der Waals surface area (Å²) in [4.78, 5) is 20.1. The molecule has 0 spiro atoms. The van der Waals surface area contributed by atoms with Crippen LogP contribution in [0.25, 0.3) is 0 Å². The average molecular weight is 268 g/mol. The van der Waals surface area contributed by atoms with E-state index in [1.165, 1.54) is 6.92 Å². The fraction of sp³-hybridized carbons (Fsp3) is 0.188. The summed E-state index contributed by atoms with van der Waals surface area (Å²) in [6.07, 6.45) is 0. The predicted octanol–water partition coefficient (Wildman–Crippen LogP) is 3.43. The molecular formula is C16H16N2O2. The second-order valence-electron chi connectivity index (χ2n) is 4.36. The molecule has 0 atom stereocenters. The van der Waals surface area contributed by atoms with Crippen molar-refractivity contribution < 1.29 is 9.53 Å². The molecule has 0 aliphatic rings. The van der Waals surface area contributed by atoms with Crippen molar-refractivity contribution in [3.05, 3.63) is 53.9 Å². The van der Waals surface area contributed by atoms with E-state index in [0.717, 1.165) is 17.1 Å². The maximum atomic E-state index is 11.3. The van der Waals surface area contributed by atoms with E-state index >= 15 is 0 Å². The van der Waals surface area contributed by atoms with E-state index in [4.69, 9.17) is 4.74 Å². The number of hydrogen-bond acceptors (Lipinski definition) is 4. The molecule has 0 bridgehead atoms. The van der Waals surface area contributed by atoms with E-state index in [1.807, 2.05) is 43.3 Å². The molecule has 1 aromatic carbocycles. The Kier molecular flexibility index (Phi) is 4.25. The van der Waals surface area contributed by atoms with Gasteiger partial charge < -0.3 is 4.74 Å². The number of pyridine rings is 1. The van der Waals surface area contributed by atoms with E-state index in [2.05, 4.69) is 9.98 Å². The third kappa shape index (κ3) is 3.29. The first kappa shape index (κ1) is 13.9. The molecule has 102 valence electrons. The molecule has 0 aliphatic heterocycles. The number of hydrogen-bond donors (Lipinski definition) is 0. The minimum atomic E-state index is -0.0518. The Hall–Kier alpha value is -2.49. The number of benzene rings is 1. The molecule has 0 fully saturated rings. The topological polar surface area (TPSA) is 51.5 Å². The van der Waals surface area contributed by atoms with Crippen LogP contribution in [0.4, 0.5) is 5.69 Å². The number of nitrogens with zero attached hydrogens (tertiary/aromatic N) is 2. The molecule has 4 nitrogen and oxygen atoms in total. The third-order valence-electron chi connectivity index (χ3n) is 2.85. The van der Waals surface area contributed by atoms with Crippen molar-refractivity contribution >= 4 is 17.2 Å². The lowest BCUT2D eigenvalue weighted by molar-refractivity contribution is 0.101. The van der Waals surface area contributed by atoms with Crippen LogP contribution >= 0.6 is 0 Å². The summed E-state index contributed by atoms with van der Waals surface area (Å²) < 4.78 is 5.10. The number of ketones is 1. The van der Waals surface area contributed by atoms with Crippen molar-refractivity contribution in [2.45, 2.75) is 13.8 Å². The van der Waals surface area contributed by atoms with Gasteiger partial charge >= 0.3 is 0 Å². The molecule has 0 aliphatic carbocycles. The molecule has 0 radical (unpaired) electrons. The number of carbonyl (C=O) groups is 1. The maximum absolute atomic E-state index is 11.3. The van der Waals surface area contributed by atoms with Gasteiger partial charge in [0.15, 0.2) is 5.78 Å². The SMILES string of the molecule is COc1ccc(N=C(C)c2cccc(C(C)=O)n2)cc1. The fourth-order valence-corrected chi connectivity index (χ4v) is 1.74. The monoisotopic (exact) mass is 268 g/mol. The van der Waals surface area contributed by atoms with Gasteiger partial charge in [-0.2, -0.15) is 0 Å². The molecule has 0 saturated heterocycles. The predicted molar refractivity (Wildman–Crippen MR) is 79.1 cm³/mol. The number of carbonyl (C=O) groups excluding carboxylic acids is 1. The minimum absolute atomic E-state index is 0.0518. The summed E-state index contributed by atoms with van der Waals surface area (Å²) in [6, 6.07) is 12.8. The smallest absolute Gasteiger partial charge is 0.178 e. The third-order valence-corrected chi connectivity index (χ3v) is 2.85. The first-order chi connectivity index (χ1) is 9.60. The summed E-state index contributed by atoms with van der Waals surface area (Å²) in [5.41, 5.74) is 2.73. The van der Waals surface area contributed by atoms with Gasteiger partial charge in [-0.3, -0.25) is 9.79 Å². The van der Waals surface area contributed by atoms with Crippen LogP contribution in [0.15, 0.2) is 47.5 Å². The number of ether oxygens (including phenoxy) is 1. The molecule has 0 amide bonds. The summed E-state index contributed by atoms with van der Waals surface area (Å²) in [5.74, 6) is 0.738. The van der Waals surface area contributed by atoms with Crippen LogP contribution < -0.4 is 4.74 Å². The second kappa shape index (κ2) is 6.10. The largest absolute Gasteiger partial charge is 0.497 e. The van der Waals surface area contributed by atoms with Gasteiger partial charge in [0.05, 0.1) is 24.2 Å². The molecule has 20 heavy (non-hydrogen) atoms. The highest BCUT2D eigenvalue weighted by atomic mass is 16.5. The second-order valence-corrected chi connectivity index (χ2v) is 4.36. The first-order valence-corrected chi connectivity index (χ1v) is 6.28. The Morgan fingerprint density at radius 1 is 1.05 bits per heavy atom. The summed E-state index contributed by atoms with van der Waals surface area (Å²) in [6.45, 7) is 3.37. The number of Topliss-reactive ketones (excluding diaryl/α,β-unsaturated/α-hetero) is 1. The molecule has 0 unspecified atom stereocenters. The Balaban J connectivity index is 2.29. The molecule has 0 N–H and O–H groups in total. The number of aliphatic imine (C=N–C) groups is 1. The zero-order valence-corrected chi connectivity index (χ0v) is 11.8. The summed E-state index contributed by atoms with van der Waals surface area (Å²) in [5, 5.41) is 0. The van der Waals surface area contributed by atoms with Crippen LogP contribution in [-0.2, 0) is 0 Å². The quantitative estimate of drug-likeness (QED) is 0.630. The minimum Gasteiger partial charge on any atom is -0.497 e. The van der Waals surface area contributed by atoms with Crippen molar-refractivity contribution in [2.24, 2.45) is 4.99 Å². The lowest BCUT2D eigenvalue weighted by Crippen LogP contribution is -2.03. The summed E-state index contributed by atoms with van der Waals surface area (Å²) in [7, 11) is 1.63. The molecule has 1 heterocycles. The molecular weight excluding hydrogens is 252 g/mol. The van der Waals surface area contributed by atoms with Gasteiger partial charge in [0.1, 0.15) is 11.4 Å². The Bertz CT molecular complexity index is 646. The Morgan fingerprint density at radius 3 is 2.30 bits per heavy atom. The van der Waals surface area contributed by atoms with E-state index in [1.54, 1.807) is 13.2 Å². The van der Waals surface area contributed by atoms with Crippen LogP contribution in [0.5, 0.6) is 5.75 Å². The van der Waals surface area contributed by atoms with E-state index in [9.17, 15) is 4.79 Å². The van der Waals surface area contributed by atoms with Crippen LogP contribution in [0.2, 0.25) is 0 Å². The lowest BCUT2D eigenvalue weighted by Gasteiger charge is -2.03. The van der Waals surface area contributed by atoms with Crippen molar-refractivity contribution in [1.82, 2.24) is 4.98 Å². The zero-order valence-electron chi connectivity index (χ0n) is 11.8. The van der Waals surface area contributed by atoms with Crippen LogP contribution in [-0.4, -0.2) is 23.6 Å². The van der Waals surface area contributed by atoms with Crippen LogP contribution in [0, 0.1) is 0 Å². The normalized spacial score (nSPS) is 11.2. The molecule has 2 aromatic rings. The molecule has 4 heteroatoms. The van der Waals surface area contributed by atoms with Crippen molar-refractivity contribution in [2.75, 3.05) is 7.11 Å². The van der Waals surface area contributed by atoms with Gasteiger partial charge in [0.2, 0.25) is 0 Å². The molecule has 2 rings (SSSR count). The standard InChI is InChI=1S/C16H16N2O2/c1-11(15-5-4-6-16(18-15)12(2)19)17-13-7-9-14(20-3)10-8-13/h4-10H,1-3H3. The Labute approximate surface area is 118 Å². The van der Waals surface area contributed by atoms with Crippen molar-refractivity contribution in [1.29, 1.82) is 0 Å². The molecule has 1 aromatic heterocycles. The lowest BCUT2D eigenvalue weighted by atomic mass is 10.2. The van der Waals surface area contributed by atoms with Gasteiger partial charge in [-0.15, -0.1) is 0 Å². The van der Waals surface area contributed by atoms with E-state index in [0.29, 0.717) is 11.4 Å². The van der Waals surface area contributed by atoms with Crippen molar-refractivity contribution in [3.8, 4) is 5.75 Å². The fourth-order valence-electron chi connectivity index (χ4n) is 1.74. The van der Waals surface area contributed by atoms with Crippen LogP contribution in [0.1, 0.15) is 30.0 Å². The average Bonchev–Trinajstić information content (AvgIpc) is 2.48. The highest BCUT2D eigenvalue weighted by Crippen LogP contribution is 2.18. The molecule has 0 saturated carbocycles. The number of methoxy groups -OCH3 is 1.